The van der Waals surface area contributed by atoms with Crippen molar-refractivity contribution in [2.45, 2.75) is 44.9 Å². The molecule has 0 aliphatic heterocycles. The van der Waals surface area contributed by atoms with E-state index in [4.69, 9.17) is 4.42 Å². The number of carbonyl (C=O) groups excluding carboxylic acids is 1. The molecule has 1 aromatic heterocycles. The Balaban J connectivity index is 2.26. The van der Waals surface area contributed by atoms with Crippen molar-refractivity contribution in [2.24, 2.45) is 0 Å². The summed E-state index contributed by atoms with van der Waals surface area (Å²) >= 11 is 0. The Kier molecular flexibility index (Phi) is 2.22. The van der Waals surface area contributed by atoms with Crippen molar-refractivity contribution in [3.63, 3.8) is 0 Å². The highest BCUT2D eigenvalue weighted by Gasteiger charge is 2.35. The van der Waals surface area contributed by atoms with E-state index >= 15 is 0 Å². The van der Waals surface area contributed by atoms with E-state index in [9.17, 15) is 4.79 Å². The minimum atomic E-state index is -0.0520. The summed E-state index contributed by atoms with van der Waals surface area (Å²) in [5.41, 5.74) is -0.0520. The number of hydrogen-bond acceptors (Lipinski definition) is 2. The molecule has 0 N–H and O–H groups in total. The molecule has 0 aromatic carbocycles. The van der Waals surface area contributed by atoms with E-state index in [0.29, 0.717) is 12.2 Å². The van der Waals surface area contributed by atoms with Crippen LogP contribution < -0.4 is 0 Å². The summed E-state index contributed by atoms with van der Waals surface area (Å²) in [5, 5.41) is 0. The second kappa shape index (κ2) is 3.26. The number of rotatable bonds is 1. The van der Waals surface area contributed by atoms with Gasteiger partial charge in [0.2, 0.25) is 0 Å². The van der Waals surface area contributed by atoms with Crippen molar-refractivity contribution >= 4 is 5.78 Å². The highest BCUT2D eigenvalue weighted by Crippen LogP contribution is 2.38. The molecule has 1 atom stereocenters. The zero-order valence-corrected chi connectivity index (χ0v) is 8.80. The maximum absolute atomic E-state index is 11.4. The van der Waals surface area contributed by atoms with Crippen LogP contribution in [0.2, 0.25) is 0 Å². The zero-order chi connectivity index (χ0) is 10.2. The first-order valence-electron chi connectivity index (χ1n) is 5.19. The van der Waals surface area contributed by atoms with E-state index in [0.717, 1.165) is 30.8 Å². The fourth-order valence-electron chi connectivity index (χ4n) is 2.26. The minimum absolute atomic E-state index is 0.0520. The summed E-state index contributed by atoms with van der Waals surface area (Å²) in [4.78, 5) is 11.4. The van der Waals surface area contributed by atoms with Crippen molar-refractivity contribution in [3.05, 3.63) is 23.7 Å². The van der Waals surface area contributed by atoms with E-state index in [1.807, 2.05) is 19.1 Å². The van der Waals surface area contributed by atoms with E-state index in [1.165, 1.54) is 0 Å². The molecule has 1 aliphatic carbocycles. The standard InChI is InChI=1S/C12H16O2/c1-9-5-6-11(14-9)12(2)7-3-4-10(13)8-12/h5-6H,3-4,7-8H2,1-2H3. The van der Waals surface area contributed by atoms with Gasteiger partial charge in [-0.05, 0) is 31.9 Å². The topological polar surface area (TPSA) is 30.2 Å². The largest absolute Gasteiger partial charge is 0.466 e. The molecule has 1 aromatic rings. The van der Waals surface area contributed by atoms with Gasteiger partial charge in [-0.15, -0.1) is 0 Å². The molecule has 0 radical (unpaired) electrons. The zero-order valence-electron chi connectivity index (χ0n) is 8.80. The molecule has 0 saturated heterocycles. The molecule has 1 unspecified atom stereocenters. The molecule has 0 spiro atoms. The Morgan fingerprint density at radius 2 is 2.21 bits per heavy atom. The summed E-state index contributed by atoms with van der Waals surface area (Å²) in [6, 6.07) is 3.98. The Hall–Kier alpha value is -1.05. The van der Waals surface area contributed by atoms with Gasteiger partial charge in [-0.3, -0.25) is 4.79 Å². The summed E-state index contributed by atoms with van der Waals surface area (Å²) in [6.45, 7) is 4.07. The van der Waals surface area contributed by atoms with E-state index in [2.05, 4.69) is 6.92 Å². The Labute approximate surface area is 84.3 Å². The molecular formula is C12H16O2. The van der Waals surface area contributed by atoms with Crippen LogP contribution >= 0.6 is 0 Å². The van der Waals surface area contributed by atoms with Crippen LogP contribution in [0.5, 0.6) is 0 Å². The van der Waals surface area contributed by atoms with Crippen LogP contribution in [-0.4, -0.2) is 5.78 Å². The fraction of sp³-hybridized carbons (Fsp3) is 0.583. The highest BCUT2D eigenvalue weighted by molar-refractivity contribution is 5.80. The van der Waals surface area contributed by atoms with Gasteiger partial charge in [0.15, 0.2) is 0 Å². The monoisotopic (exact) mass is 192 g/mol. The average molecular weight is 192 g/mol. The van der Waals surface area contributed by atoms with Gasteiger partial charge in [0, 0.05) is 18.3 Å². The second-order valence-electron chi connectivity index (χ2n) is 4.54. The molecule has 0 amide bonds. The number of ketones is 1. The Morgan fingerprint density at radius 1 is 1.43 bits per heavy atom. The van der Waals surface area contributed by atoms with Crippen molar-refractivity contribution in [3.8, 4) is 0 Å². The summed E-state index contributed by atoms with van der Waals surface area (Å²) in [5.74, 6) is 2.27. The van der Waals surface area contributed by atoms with Crippen LogP contribution in [0.25, 0.3) is 0 Å². The summed E-state index contributed by atoms with van der Waals surface area (Å²) < 4.78 is 5.62. The van der Waals surface area contributed by atoms with E-state index in [1.54, 1.807) is 0 Å². The number of Topliss-reactive ketones (excluding diaryl/α,β-unsaturated/α-hetero) is 1. The minimum Gasteiger partial charge on any atom is -0.466 e. The summed E-state index contributed by atoms with van der Waals surface area (Å²) in [7, 11) is 0. The maximum atomic E-state index is 11.4. The maximum Gasteiger partial charge on any atom is 0.133 e. The Bertz CT molecular complexity index is 351. The second-order valence-corrected chi connectivity index (χ2v) is 4.54. The van der Waals surface area contributed by atoms with Crippen LogP contribution in [0.15, 0.2) is 16.5 Å². The number of carbonyl (C=O) groups is 1. The highest BCUT2D eigenvalue weighted by atomic mass is 16.3. The average Bonchev–Trinajstić information content (AvgIpc) is 2.52. The van der Waals surface area contributed by atoms with Crippen molar-refractivity contribution < 1.29 is 9.21 Å². The predicted octanol–water partition coefficient (Wildman–Crippen LogP) is 2.99. The van der Waals surface area contributed by atoms with Crippen LogP contribution in [0, 0.1) is 6.92 Å². The normalized spacial score (nSPS) is 28.0. The third-order valence-corrected chi connectivity index (χ3v) is 3.11. The molecule has 2 nitrogen and oxygen atoms in total. The van der Waals surface area contributed by atoms with Crippen LogP contribution in [0.3, 0.4) is 0 Å². The lowest BCUT2D eigenvalue weighted by Gasteiger charge is -2.30. The quantitative estimate of drug-likeness (QED) is 0.684. The number of aryl methyl sites for hydroxylation is 1. The van der Waals surface area contributed by atoms with Crippen molar-refractivity contribution in [2.75, 3.05) is 0 Å². The number of furan rings is 1. The molecule has 0 bridgehead atoms. The molecule has 14 heavy (non-hydrogen) atoms. The summed E-state index contributed by atoms with van der Waals surface area (Å²) in [6.07, 6.45) is 3.44. The van der Waals surface area contributed by atoms with Gasteiger partial charge in [0.1, 0.15) is 17.3 Å². The molecule has 1 saturated carbocycles. The van der Waals surface area contributed by atoms with E-state index in [-0.39, 0.29) is 5.41 Å². The number of hydrogen-bond donors (Lipinski definition) is 0. The first kappa shape index (κ1) is 9.50. The van der Waals surface area contributed by atoms with Gasteiger partial charge in [-0.1, -0.05) is 6.92 Å². The van der Waals surface area contributed by atoms with Gasteiger partial charge in [0.05, 0.1) is 0 Å². The van der Waals surface area contributed by atoms with Gasteiger partial charge in [-0.25, -0.2) is 0 Å². The predicted molar refractivity (Wildman–Crippen MR) is 54.3 cm³/mol. The fourth-order valence-corrected chi connectivity index (χ4v) is 2.26. The Morgan fingerprint density at radius 3 is 2.79 bits per heavy atom. The third kappa shape index (κ3) is 1.61. The lowest BCUT2D eigenvalue weighted by atomic mass is 9.73. The molecule has 1 heterocycles. The first-order valence-corrected chi connectivity index (χ1v) is 5.19. The smallest absolute Gasteiger partial charge is 0.133 e. The lowest BCUT2D eigenvalue weighted by molar-refractivity contribution is -0.122. The lowest BCUT2D eigenvalue weighted by Crippen LogP contribution is -2.29. The van der Waals surface area contributed by atoms with Crippen molar-refractivity contribution in [1.82, 2.24) is 0 Å². The third-order valence-electron chi connectivity index (χ3n) is 3.11. The molecule has 1 fully saturated rings. The van der Waals surface area contributed by atoms with E-state index < -0.39 is 0 Å². The van der Waals surface area contributed by atoms with Crippen LogP contribution in [0.4, 0.5) is 0 Å². The van der Waals surface area contributed by atoms with Crippen LogP contribution in [0.1, 0.15) is 44.1 Å². The molecule has 2 heteroatoms. The van der Waals surface area contributed by atoms with Gasteiger partial charge in [0.25, 0.3) is 0 Å². The molecule has 76 valence electrons. The van der Waals surface area contributed by atoms with Gasteiger partial charge < -0.3 is 4.42 Å². The van der Waals surface area contributed by atoms with Crippen molar-refractivity contribution in [1.29, 1.82) is 0 Å². The van der Waals surface area contributed by atoms with Crippen LogP contribution in [-0.2, 0) is 10.2 Å². The van der Waals surface area contributed by atoms with Gasteiger partial charge in [-0.2, -0.15) is 0 Å². The SMILES string of the molecule is Cc1ccc(C2(C)CCCC(=O)C2)o1. The molecule has 1 aliphatic rings. The molecule has 2 rings (SSSR count). The molecular weight excluding hydrogens is 176 g/mol. The first-order chi connectivity index (χ1) is 6.60. The van der Waals surface area contributed by atoms with Gasteiger partial charge >= 0.3 is 0 Å².